The molecular formula is C26H38FNO3. The molecule has 2 aromatic rings. The molecule has 4 nitrogen and oxygen atoms in total. The monoisotopic (exact) mass is 431 g/mol. The minimum atomic E-state index is -0.687. The molecule has 0 heterocycles. The van der Waals surface area contributed by atoms with Gasteiger partial charge in [-0.25, -0.2) is 4.39 Å². The molecule has 2 rings (SSSR count). The van der Waals surface area contributed by atoms with Gasteiger partial charge in [0.05, 0.1) is 0 Å². The van der Waals surface area contributed by atoms with Gasteiger partial charge in [0.15, 0.2) is 5.78 Å². The Kier molecular flexibility index (Phi) is 16.6. The number of rotatable bonds is 6. The van der Waals surface area contributed by atoms with Gasteiger partial charge in [-0.05, 0) is 63.1 Å². The molecule has 0 spiro atoms. The van der Waals surface area contributed by atoms with Crippen molar-refractivity contribution in [1.29, 1.82) is 0 Å². The lowest BCUT2D eigenvalue weighted by Crippen LogP contribution is -2.45. The molecule has 0 radical (unpaired) electrons. The highest BCUT2D eigenvalue weighted by molar-refractivity contribution is 5.87. The Hall–Kier alpha value is -2.79. The summed E-state index contributed by atoms with van der Waals surface area (Å²) in [5.74, 6) is 0.118. The van der Waals surface area contributed by atoms with E-state index in [1.54, 1.807) is 38.2 Å². The predicted octanol–water partition coefficient (Wildman–Crippen LogP) is 6.07. The van der Waals surface area contributed by atoms with Crippen LogP contribution in [0.3, 0.4) is 0 Å². The summed E-state index contributed by atoms with van der Waals surface area (Å²) in [6.07, 6.45) is 4.00. The molecule has 5 heteroatoms. The number of hydrogen-bond acceptors (Lipinski definition) is 4. The fourth-order valence-corrected chi connectivity index (χ4v) is 3.06. The van der Waals surface area contributed by atoms with Crippen LogP contribution in [0.15, 0.2) is 49.0 Å². The lowest BCUT2D eigenvalue weighted by atomic mass is 9.84. The van der Waals surface area contributed by atoms with Crippen LogP contribution >= 0.6 is 0 Å². The second kappa shape index (κ2) is 16.9. The third-order valence-corrected chi connectivity index (χ3v) is 4.66. The Balaban J connectivity index is 0. The normalized spacial score (nSPS) is 11.1. The Bertz CT molecular complexity index is 782. The maximum Gasteiger partial charge on any atom is 0.154 e. The summed E-state index contributed by atoms with van der Waals surface area (Å²) >= 11 is 0. The van der Waals surface area contributed by atoms with Gasteiger partial charge >= 0.3 is 0 Å². The summed E-state index contributed by atoms with van der Waals surface area (Å²) in [5.41, 5.74) is 2.12. The van der Waals surface area contributed by atoms with Crippen LogP contribution in [0.2, 0.25) is 0 Å². The molecule has 2 N–H and O–H groups in total. The zero-order valence-corrected chi connectivity index (χ0v) is 20.0. The van der Waals surface area contributed by atoms with Crippen molar-refractivity contribution in [2.24, 2.45) is 0 Å². The number of ketones is 1. The molecule has 2 aromatic carbocycles. The summed E-state index contributed by atoms with van der Waals surface area (Å²) in [7, 11) is 1.74. The van der Waals surface area contributed by atoms with Crippen LogP contribution in [0, 0.1) is 5.82 Å². The Morgan fingerprint density at radius 3 is 2.00 bits per heavy atom. The van der Waals surface area contributed by atoms with Crippen LogP contribution < -0.4 is 5.32 Å². The van der Waals surface area contributed by atoms with Gasteiger partial charge in [0, 0.05) is 5.56 Å². The smallest absolute Gasteiger partial charge is 0.154 e. The van der Waals surface area contributed by atoms with Crippen molar-refractivity contribution in [1.82, 2.24) is 5.32 Å². The number of halogens is 1. The molecule has 1 unspecified atom stereocenters. The van der Waals surface area contributed by atoms with E-state index < -0.39 is 5.54 Å². The second-order valence-electron chi connectivity index (χ2n) is 6.21. The van der Waals surface area contributed by atoms with Crippen molar-refractivity contribution >= 4 is 18.1 Å². The SMILES string of the molecule is C=Cc1cccc(O)c1CC.CC.CC=O.CCC(NC)(C(C)=O)c1ccc(F)cc1. The zero-order valence-electron chi connectivity index (χ0n) is 20.0. The van der Waals surface area contributed by atoms with Crippen molar-refractivity contribution < 1.29 is 19.1 Å². The molecule has 0 aliphatic rings. The van der Waals surface area contributed by atoms with E-state index in [0.717, 1.165) is 29.4 Å². The van der Waals surface area contributed by atoms with Crippen molar-refractivity contribution in [2.75, 3.05) is 7.05 Å². The van der Waals surface area contributed by atoms with E-state index in [0.29, 0.717) is 12.2 Å². The lowest BCUT2D eigenvalue weighted by molar-refractivity contribution is -0.123. The van der Waals surface area contributed by atoms with Gasteiger partial charge in [-0.15, -0.1) is 0 Å². The van der Waals surface area contributed by atoms with Crippen molar-refractivity contribution in [3.8, 4) is 5.75 Å². The van der Waals surface area contributed by atoms with Crippen LogP contribution in [0.1, 0.15) is 64.7 Å². The Morgan fingerprint density at radius 1 is 1.16 bits per heavy atom. The van der Waals surface area contributed by atoms with Gasteiger partial charge in [0.25, 0.3) is 0 Å². The van der Waals surface area contributed by atoms with Crippen LogP contribution in [-0.2, 0) is 21.5 Å². The van der Waals surface area contributed by atoms with E-state index in [1.165, 1.54) is 19.1 Å². The van der Waals surface area contributed by atoms with Crippen LogP contribution in [-0.4, -0.2) is 24.2 Å². The first kappa shape index (κ1) is 30.4. The Morgan fingerprint density at radius 2 is 1.68 bits per heavy atom. The average Bonchev–Trinajstić information content (AvgIpc) is 2.78. The number of phenols is 1. The van der Waals surface area contributed by atoms with Crippen molar-refractivity contribution in [3.05, 3.63) is 71.6 Å². The maximum absolute atomic E-state index is 12.8. The minimum absolute atomic E-state index is 0.0408. The first-order valence-electron chi connectivity index (χ1n) is 10.6. The van der Waals surface area contributed by atoms with E-state index in [9.17, 15) is 14.3 Å². The largest absolute Gasteiger partial charge is 0.508 e. The second-order valence-corrected chi connectivity index (χ2v) is 6.21. The lowest BCUT2D eigenvalue weighted by Gasteiger charge is -2.30. The van der Waals surface area contributed by atoms with E-state index in [4.69, 9.17) is 4.79 Å². The molecule has 0 saturated carbocycles. The first-order chi connectivity index (χ1) is 14.8. The number of aldehydes is 1. The van der Waals surface area contributed by atoms with Crippen LogP contribution in [0.4, 0.5) is 4.39 Å². The number of Topliss-reactive ketones (excluding diaryl/α,β-unsaturated/α-hetero) is 1. The van der Waals surface area contributed by atoms with Gasteiger partial charge in [-0.3, -0.25) is 4.79 Å². The van der Waals surface area contributed by atoms with E-state index in [-0.39, 0.29) is 11.6 Å². The summed E-state index contributed by atoms with van der Waals surface area (Å²) in [6.45, 7) is 14.6. The minimum Gasteiger partial charge on any atom is -0.508 e. The third-order valence-electron chi connectivity index (χ3n) is 4.66. The molecule has 0 bridgehead atoms. The van der Waals surface area contributed by atoms with Gasteiger partial charge in [0.2, 0.25) is 0 Å². The van der Waals surface area contributed by atoms with Crippen LogP contribution in [0.5, 0.6) is 5.75 Å². The quantitative estimate of drug-likeness (QED) is 0.545. The van der Waals surface area contributed by atoms with Gasteiger partial charge in [-0.1, -0.05) is 64.6 Å². The van der Waals surface area contributed by atoms with E-state index >= 15 is 0 Å². The number of aromatic hydroxyl groups is 1. The highest BCUT2D eigenvalue weighted by Gasteiger charge is 2.33. The average molecular weight is 432 g/mol. The fourth-order valence-electron chi connectivity index (χ4n) is 3.06. The number of benzene rings is 2. The highest BCUT2D eigenvalue weighted by Crippen LogP contribution is 2.26. The third kappa shape index (κ3) is 9.26. The van der Waals surface area contributed by atoms with E-state index in [2.05, 4.69) is 11.9 Å². The molecule has 0 aliphatic heterocycles. The number of likely N-dealkylation sites (N-methyl/N-ethyl adjacent to an activating group) is 1. The Labute approximate surface area is 187 Å². The topological polar surface area (TPSA) is 66.4 Å². The standard InChI is InChI=1S/C12H16FNO.C10H12O.C2H4O.C2H6/c1-4-12(14-3,9(2)15)10-5-7-11(13)8-6-10;1-3-8-6-5-7-10(11)9(8)4-2;1-2-3;1-2/h5-8,14H,4H2,1-3H3;3,5-7,11H,1,4H2,2H3;2H,1H3;1-2H3. The molecule has 31 heavy (non-hydrogen) atoms. The van der Waals surface area contributed by atoms with Gasteiger partial charge < -0.3 is 15.2 Å². The van der Waals surface area contributed by atoms with Gasteiger partial charge in [0.1, 0.15) is 23.4 Å². The summed E-state index contributed by atoms with van der Waals surface area (Å²) in [5, 5.41) is 12.4. The summed E-state index contributed by atoms with van der Waals surface area (Å²) in [6, 6.07) is 11.5. The zero-order chi connectivity index (χ0) is 24.4. The maximum atomic E-state index is 12.8. The number of phenolic OH excluding ortho intramolecular Hbond substituents is 1. The number of nitrogens with one attached hydrogen (secondary N) is 1. The molecule has 0 saturated heterocycles. The molecule has 172 valence electrons. The fraction of sp³-hybridized carbons (Fsp3) is 0.385. The first-order valence-corrected chi connectivity index (χ1v) is 10.6. The van der Waals surface area contributed by atoms with E-state index in [1.807, 2.05) is 39.8 Å². The molecule has 0 fully saturated rings. The molecular weight excluding hydrogens is 393 g/mol. The predicted molar refractivity (Wildman–Crippen MR) is 129 cm³/mol. The molecule has 0 aliphatic carbocycles. The molecule has 0 amide bonds. The summed E-state index contributed by atoms with van der Waals surface area (Å²) in [4.78, 5) is 20.5. The number of carbonyl (C=O) groups is 2. The number of hydrogen-bond donors (Lipinski definition) is 2. The van der Waals surface area contributed by atoms with Crippen molar-refractivity contribution in [2.45, 2.75) is 59.9 Å². The van der Waals surface area contributed by atoms with Crippen LogP contribution in [0.25, 0.3) is 6.08 Å². The molecule has 0 aromatic heterocycles. The van der Waals surface area contributed by atoms with Gasteiger partial charge in [-0.2, -0.15) is 0 Å². The number of carbonyl (C=O) groups excluding carboxylic acids is 2. The summed E-state index contributed by atoms with van der Waals surface area (Å²) < 4.78 is 12.8. The van der Waals surface area contributed by atoms with Crippen molar-refractivity contribution in [3.63, 3.8) is 0 Å². The molecule has 1 atom stereocenters. The highest BCUT2D eigenvalue weighted by atomic mass is 19.1.